The summed E-state index contributed by atoms with van der Waals surface area (Å²) in [6.45, 7) is 1.87. The van der Waals surface area contributed by atoms with Gasteiger partial charge in [0.2, 0.25) is 0 Å². The molecule has 0 radical (unpaired) electrons. The molecule has 21 heavy (non-hydrogen) atoms. The molecule has 1 N–H and O–H groups in total. The topological polar surface area (TPSA) is 63.6 Å². The summed E-state index contributed by atoms with van der Waals surface area (Å²) in [5, 5.41) is 9.40. The van der Waals surface area contributed by atoms with Crippen molar-refractivity contribution in [2.45, 2.75) is 26.2 Å². The zero-order valence-corrected chi connectivity index (χ0v) is 12.3. The highest BCUT2D eigenvalue weighted by molar-refractivity contribution is 5.98. The van der Waals surface area contributed by atoms with Crippen LogP contribution in [-0.4, -0.2) is 24.0 Å². The summed E-state index contributed by atoms with van der Waals surface area (Å²) in [5.41, 5.74) is 0.313. The molecule has 4 atom stereocenters. The third-order valence-electron chi connectivity index (χ3n) is 5.36. The van der Waals surface area contributed by atoms with Crippen LogP contribution >= 0.6 is 0 Å². The summed E-state index contributed by atoms with van der Waals surface area (Å²) in [6, 6.07) is 7.73. The third kappa shape index (κ3) is 1.96. The normalized spacial score (nSPS) is 33.6. The second-order valence-electron chi connectivity index (χ2n) is 6.17. The molecule has 112 valence electrons. The predicted octanol–water partition coefficient (Wildman–Crippen LogP) is 2.55. The number of methoxy groups -OCH3 is 1. The van der Waals surface area contributed by atoms with Gasteiger partial charge in [0.1, 0.15) is 11.5 Å². The number of ketones is 1. The van der Waals surface area contributed by atoms with Gasteiger partial charge in [0.25, 0.3) is 0 Å². The second-order valence-corrected chi connectivity index (χ2v) is 6.17. The smallest absolute Gasteiger partial charge is 0.310 e. The van der Waals surface area contributed by atoms with Crippen LogP contribution in [0.4, 0.5) is 0 Å². The van der Waals surface area contributed by atoms with Crippen molar-refractivity contribution in [2.24, 2.45) is 23.2 Å². The third-order valence-corrected chi connectivity index (χ3v) is 5.36. The van der Waals surface area contributed by atoms with Crippen molar-refractivity contribution in [1.82, 2.24) is 0 Å². The van der Waals surface area contributed by atoms with Crippen molar-refractivity contribution in [2.75, 3.05) is 7.11 Å². The minimum Gasteiger partial charge on any atom is -0.497 e. The monoisotopic (exact) mass is 288 g/mol. The first-order valence-corrected chi connectivity index (χ1v) is 7.44. The lowest BCUT2D eigenvalue weighted by atomic mass is 9.84. The maximum atomic E-state index is 12.5. The van der Waals surface area contributed by atoms with E-state index in [1.54, 1.807) is 7.11 Å². The Morgan fingerprint density at radius 2 is 2.24 bits per heavy atom. The molecule has 3 rings (SSSR count). The second kappa shape index (κ2) is 4.86. The molecule has 0 amide bonds. The van der Waals surface area contributed by atoms with Gasteiger partial charge in [-0.25, -0.2) is 0 Å². The average Bonchev–Trinajstić information content (AvgIpc) is 3.03. The molecule has 0 heterocycles. The van der Waals surface area contributed by atoms with Crippen molar-refractivity contribution in [3.8, 4) is 5.75 Å². The Hall–Kier alpha value is -1.84. The Kier molecular flexibility index (Phi) is 3.27. The van der Waals surface area contributed by atoms with Gasteiger partial charge in [0.05, 0.1) is 12.5 Å². The Morgan fingerprint density at radius 1 is 1.48 bits per heavy atom. The maximum absolute atomic E-state index is 12.5. The van der Waals surface area contributed by atoms with E-state index in [-0.39, 0.29) is 23.5 Å². The lowest BCUT2D eigenvalue weighted by Gasteiger charge is -2.18. The van der Waals surface area contributed by atoms with E-state index in [0.29, 0.717) is 19.3 Å². The molecule has 1 aromatic rings. The molecule has 4 heteroatoms. The van der Waals surface area contributed by atoms with Gasteiger partial charge in [-0.1, -0.05) is 19.1 Å². The summed E-state index contributed by atoms with van der Waals surface area (Å²) in [7, 11) is 1.62. The largest absolute Gasteiger partial charge is 0.497 e. The van der Waals surface area contributed by atoms with E-state index in [2.05, 4.69) is 0 Å². The Morgan fingerprint density at radius 3 is 2.76 bits per heavy atom. The number of fused-ring (bicyclic) bond motifs is 1. The highest BCUT2D eigenvalue weighted by Crippen LogP contribution is 2.69. The molecular weight excluding hydrogens is 268 g/mol. The van der Waals surface area contributed by atoms with E-state index in [9.17, 15) is 14.7 Å². The van der Waals surface area contributed by atoms with Crippen molar-refractivity contribution >= 4 is 11.8 Å². The van der Waals surface area contributed by atoms with Crippen molar-refractivity contribution < 1.29 is 19.4 Å². The number of aliphatic carboxylic acids is 1. The van der Waals surface area contributed by atoms with Gasteiger partial charge in [-0.2, -0.15) is 0 Å². The minimum absolute atomic E-state index is 0.0360. The molecule has 4 nitrogen and oxygen atoms in total. The van der Waals surface area contributed by atoms with Crippen LogP contribution in [0.3, 0.4) is 0 Å². The summed E-state index contributed by atoms with van der Waals surface area (Å²) in [4.78, 5) is 23.9. The number of carbonyl (C=O) groups is 2. The molecule has 2 aliphatic rings. The van der Waals surface area contributed by atoms with E-state index in [1.807, 2.05) is 31.2 Å². The number of carbonyl (C=O) groups excluding carboxylic acids is 1. The highest BCUT2D eigenvalue weighted by Gasteiger charge is 2.75. The van der Waals surface area contributed by atoms with E-state index in [0.717, 1.165) is 11.3 Å². The van der Waals surface area contributed by atoms with Gasteiger partial charge >= 0.3 is 5.97 Å². The summed E-state index contributed by atoms with van der Waals surface area (Å²) in [6.07, 6.45) is 1.94. The molecule has 2 saturated carbocycles. The Balaban J connectivity index is 1.72. The molecule has 0 aromatic heterocycles. The van der Waals surface area contributed by atoms with Gasteiger partial charge in [-0.15, -0.1) is 0 Å². The fourth-order valence-corrected chi connectivity index (χ4v) is 4.19. The van der Waals surface area contributed by atoms with Gasteiger partial charge in [-0.3, -0.25) is 9.59 Å². The van der Waals surface area contributed by atoms with Crippen LogP contribution in [0.5, 0.6) is 5.75 Å². The highest BCUT2D eigenvalue weighted by atomic mass is 16.5. The summed E-state index contributed by atoms with van der Waals surface area (Å²) in [5.74, 6) is -0.110. The standard InChI is InChI=1S/C17H20O4/c1-3-17(16(19)20)13-9-11(15(18)14(13)17)7-10-5-4-6-12(8-10)21-2/h4-6,8,11,13-14H,3,7,9H2,1-2H3,(H,19,20). The molecule has 1 aromatic carbocycles. The Labute approximate surface area is 124 Å². The zero-order chi connectivity index (χ0) is 15.2. The van der Waals surface area contributed by atoms with Gasteiger partial charge in [0, 0.05) is 11.8 Å². The van der Waals surface area contributed by atoms with Crippen molar-refractivity contribution in [1.29, 1.82) is 0 Å². The number of carboxylic acid groups (broad SMARTS) is 1. The maximum Gasteiger partial charge on any atom is 0.310 e. The van der Waals surface area contributed by atoms with Gasteiger partial charge in [-0.05, 0) is 42.9 Å². The molecule has 2 aliphatic carbocycles. The lowest BCUT2D eigenvalue weighted by Crippen LogP contribution is -2.27. The molecule has 2 fully saturated rings. The molecule has 0 spiro atoms. The lowest BCUT2D eigenvalue weighted by molar-refractivity contribution is -0.147. The first-order valence-electron chi connectivity index (χ1n) is 7.44. The number of hydrogen-bond donors (Lipinski definition) is 1. The van der Waals surface area contributed by atoms with E-state index in [1.165, 1.54) is 0 Å². The number of hydrogen-bond acceptors (Lipinski definition) is 3. The molecule has 4 unspecified atom stereocenters. The fourth-order valence-electron chi connectivity index (χ4n) is 4.19. The number of carboxylic acids is 1. The zero-order valence-electron chi connectivity index (χ0n) is 12.3. The number of rotatable bonds is 5. The van der Waals surface area contributed by atoms with E-state index < -0.39 is 11.4 Å². The van der Waals surface area contributed by atoms with Crippen LogP contribution in [0.1, 0.15) is 25.3 Å². The molecule has 0 aliphatic heterocycles. The van der Waals surface area contributed by atoms with Crippen LogP contribution in [0.15, 0.2) is 24.3 Å². The van der Waals surface area contributed by atoms with E-state index >= 15 is 0 Å². The van der Waals surface area contributed by atoms with Crippen LogP contribution in [-0.2, 0) is 16.0 Å². The SMILES string of the molecule is CCC1(C(=O)O)C2CC(Cc3cccc(OC)c3)C(=O)C21. The quantitative estimate of drug-likeness (QED) is 0.904. The average molecular weight is 288 g/mol. The van der Waals surface area contributed by atoms with E-state index in [4.69, 9.17) is 4.74 Å². The van der Waals surface area contributed by atoms with Crippen molar-refractivity contribution in [3.05, 3.63) is 29.8 Å². The number of benzene rings is 1. The first kappa shape index (κ1) is 14.1. The van der Waals surface area contributed by atoms with Crippen LogP contribution in [0, 0.1) is 23.2 Å². The van der Waals surface area contributed by atoms with Crippen LogP contribution in [0.25, 0.3) is 0 Å². The minimum atomic E-state index is -0.798. The summed E-state index contributed by atoms with van der Waals surface area (Å²) >= 11 is 0. The van der Waals surface area contributed by atoms with Crippen molar-refractivity contribution in [3.63, 3.8) is 0 Å². The van der Waals surface area contributed by atoms with Gasteiger partial charge in [0.15, 0.2) is 0 Å². The molecule has 0 bridgehead atoms. The first-order chi connectivity index (χ1) is 10.0. The Bertz CT molecular complexity index is 594. The molecular formula is C17H20O4. The summed E-state index contributed by atoms with van der Waals surface area (Å²) < 4.78 is 5.20. The number of ether oxygens (including phenoxy) is 1. The van der Waals surface area contributed by atoms with Crippen LogP contribution in [0.2, 0.25) is 0 Å². The predicted molar refractivity (Wildman–Crippen MR) is 77.2 cm³/mol. The fraction of sp³-hybridized carbons (Fsp3) is 0.529. The van der Waals surface area contributed by atoms with Crippen LogP contribution < -0.4 is 4.74 Å². The molecule has 0 saturated heterocycles. The van der Waals surface area contributed by atoms with Gasteiger partial charge < -0.3 is 9.84 Å². The number of Topliss-reactive ketones (excluding diaryl/α,β-unsaturated/α-hetero) is 1.